The van der Waals surface area contributed by atoms with Gasteiger partial charge in [-0.1, -0.05) is 13.8 Å². The molecule has 1 atom stereocenters. The number of thiazole rings is 1. The minimum atomic E-state index is -0.172. The van der Waals surface area contributed by atoms with Gasteiger partial charge < -0.3 is 14.8 Å². The molecule has 0 radical (unpaired) electrons. The molecule has 1 unspecified atom stereocenters. The van der Waals surface area contributed by atoms with Crippen molar-refractivity contribution in [2.75, 3.05) is 27.4 Å². The number of aromatic nitrogens is 1. The minimum Gasteiger partial charge on any atom is -0.383 e. The van der Waals surface area contributed by atoms with Gasteiger partial charge in [-0.2, -0.15) is 0 Å². The fourth-order valence-corrected chi connectivity index (χ4v) is 2.94. The molecule has 20 heavy (non-hydrogen) atoms. The topological polar surface area (TPSA) is 43.4 Å². The largest absolute Gasteiger partial charge is 0.383 e. The summed E-state index contributed by atoms with van der Waals surface area (Å²) in [5.74, 6) is 0.468. The number of rotatable bonds is 9. The average molecular weight is 300 g/mol. The van der Waals surface area contributed by atoms with E-state index in [1.54, 1.807) is 25.6 Å². The second-order valence-electron chi connectivity index (χ2n) is 5.93. The lowest BCUT2D eigenvalue weighted by atomic mass is 9.99. The standard InChI is InChI=1S/C15H28N2O2S/c1-11(2)13-10-20-14(17-13)12(16-7-8-18-5)9-15(3,4)19-6/h10-12,16H,7-9H2,1-6H3. The molecule has 0 fully saturated rings. The summed E-state index contributed by atoms with van der Waals surface area (Å²) in [5.41, 5.74) is 0.993. The molecule has 0 amide bonds. The lowest BCUT2D eigenvalue weighted by molar-refractivity contribution is 0.00630. The highest BCUT2D eigenvalue weighted by Crippen LogP contribution is 2.29. The molecule has 0 aromatic carbocycles. The third kappa shape index (κ3) is 5.48. The molecule has 1 aromatic heterocycles. The van der Waals surface area contributed by atoms with Crippen molar-refractivity contribution in [3.8, 4) is 0 Å². The highest BCUT2D eigenvalue weighted by molar-refractivity contribution is 7.09. The van der Waals surface area contributed by atoms with Crippen molar-refractivity contribution >= 4 is 11.3 Å². The first-order chi connectivity index (χ1) is 9.39. The van der Waals surface area contributed by atoms with Crippen molar-refractivity contribution in [2.45, 2.75) is 51.7 Å². The number of ether oxygens (including phenoxy) is 2. The average Bonchev–Trinajstić information content (AvgIpc) is 2.87. The summed E-state index contributed by atoms with van der Waals surface area (Å²) in [6.07, 6.45) is 0.887. The maximum Gasteiger partial charge on any atom is 0.110 e. The van der Waals surface area contributed by atoms with Crippen LogP contribution in [0.15, 0.2) is 5.38 Å². The first-order valence-electron chi connectivity index (χ1n) is 7.12. The molecular weight excluding hydrogens is 272 g/mol. The van der Waals surface area contributed by atoms with Gasteiger partial charge in [0.05, 0.1) is 23.9 Å². The van der Waals surface area contributed by atoms with Gasteiger partial charge >= 0.3 is 0 Å². The molecule has 0 aliphatic carbocycles. The highest BCUT2D eigenvalue weighted by Gasteiger charge is 2.26. The zero-order valence-electron chi connectivity index (χ0n) is 13.5. The Morgan fingerprint density at radius 1 is 1.35 bits per heavy atom. The number of hydrogen-bond acceptors (Lipinski definition) is 5. The summed E-state index contributed by atoms with van der Waals surface area (Å²) in [7, 11) is 3.48. The van der Waals surface area contributed by atoms with Crippen LogP contribution in [0.3, 0.4) is 0 Å². The van der Waals surface area contributed by atoms with Crippen LogP contribution in [0.5, 0.6) is 0 Å². The molecule has 0 saturated heterocycles. The fraction of sp³-hybridized carbons (Fsp3) is 0.800. The molecule has 1 rings (SSSR count). The van der Waals surface area contributed by atoms with Crippen LogP contribution >= 0.6 is 11.3 Å². The van der Waals surface area contributed by atoms with E-state index in [9.17, 15) is 0 Å². The second kappa shape index (κ2) is 8.08. The number of hydrogen-bond donors (Lipinski definition) is 1. The monoisotopic (exact) mass is 300 g/mol. The Kier molecular flexibility index (Phi) is 7.09. The molecule has 5 heteroatoms. The Morgan fingerprint density at radius 2 is 2.05 bits per heavy atom. The van der Waals surface area contributed by atoms with Crippen LogP contribution in [0.4, 0.5) is 0 Å². The van der Waals surface area contributed by atoms with Gasteiger partial charge in [0.1, 0.15) is 5.01 Å². The van der Waals surface area contributed by atoms with Crippen LogP contribution in [0.1, 0.15) is 56.8 Å². The van der Waals surface area contributed by atoms with Crippen LogP contribution in [-0.4, -0.2) is 38.0 Å². The van der Waals surface area contributed by atoms with Gasteiger partial charge in [0.25, 0.3) is 0 Å². The third-order valence-corrected chi connectivity index (χ3v) is 4.35. The maximum absolute atomic E-state index is 5.56. The molecule has 0 bridgehead atoms. The number of methoxy groups -OCH3 is 2. The van der Waals surface area contributed by atoms with E-state index in [1.807, 2.05) is 0 Å². The Bertz CT molecular complexity index is 391. The van der Waals surface area contributed by atoms with Gasteiger partial charge in [0.15, 0.2) is 0 Å². The summed E-state index contributed by atoms with van der Waals surface area (Å²) >= 11 is 1.73. The number of nitrogens with zero attached hydrogens (tertiary/aromatic N) is 1. The van der Waals surface area contributed by atoms with E-state index in [-0.39, 0.29) is 11.6 Å². The van der Waals surface area contributed by atoms with Crippen molar-refractivity contribution in [2.24, 2.45) is 0 Å². The fourth-order valence-electron chi connectivity index (χ4n) is 1.88. The van der Waals surface area contributed by atoms with Gasteiger partial charge in [-0.25, -0.2) is 4.98 Å². The maximum atomic E-state index is 5.56. The summed E-state index contributed by atoms with van der Waals surface area (Å²) in [6, 6.07) is 0.206. The lowest BCUT2D eigenvalue weighted by Crippen LogP contribution is -2.33. The van der Waals surface area contributed by atoms with Gasteiger partial charge in [-0.3, -0.25) is 0 Å². The van der Waals surface area contributed by atoms with E-state index < -0.39 is 0 Å². The van der Waals surface area contributed by atoms with Crippen molar-refractivity contribution < 1.29 is 9.47 Å². The summed E-state index contributed by atoms with van der Waals surface area (Å²) in [4.78, 5) is 4.77. The van der Waals surface area contributed by atoms with Crippen LogP contribution in [0.2, 0.25) is 0 Å². The molecule has 1 N–H and O–H groups in total. The molecule has 0 saturated carbocycles. The lowest BCUT2D eigenvalue weighted by Gasteiger charge is -2.28. The molecule has 1 aromatic rings. The molecule has 0 aliphatic rings. The van der Waals surface area contributed by atoms with Gasteiger partial charge in [0, 0.05) is 26.1 Å². The first-order valence-corrected chi connectivity index (χ1v) is 8.00. The quantitative estimate of drug-likeness (QED) is 0.710. The van der Waals surface area contributed by atoms with E-state index >= 15 is 0 Å². The first kappa shape index (κ1) is 17.6. The van der Waals surface area contributed by atoms with Crippen molar-refractivity contribution in [3.63, 3.8) is 0 Å². The smallest absolute Gasteiger partial charge is 0.110 e. The normalized spacial score (nSPS) is 13.9. The summed E-state index contributed by atoms with van der Waals surface area (Å²) in [6.45, 7) is 10.1. The van der Waals surface area contributed by atoms with Crippen LogP contribution < -0.4 is 5.32 Å². The zero-order chi connectivity index (χ0) is 15.2. The molecule has 116 valence electrons. The van der Waals surface area contributed by atoms with Crippen molar-refractivity contribution in [1.29, 1.82) is 0 Å². The zero-order valence-corrected chi connectivity index (χ0v) is 14.3. The SMILES string of the molecule is COCCNC(CC(C)(C)OC)c1nc(C(C)C)cs1. The molecule has 1 heterocycles. The number of nitrogens with one attached hydrogen (secondary N) is 1. The van der Waals surface area contributed by atoms with Crippen LogP contribution in [-0.2, 0) is 9.47 Å². The minimum absolute atomic E-state index is 0.172. The molecule has 4 nitrogen and oxygen atoms in total. The van der Waals surface area contributed by atoms with E-state index in [0.29, 0.717) is 12.5 Å². The van der Waals surface area contributed by atoms with E-state index in [0.717, 1.165) is 18.0 Å². The summed E-state index contributed by atoms with van der Waals surface area (Å²) in [5, 5.41) is 6.81. The van der Waals surface area contributed by atoms with Gasteiger partial charge in [-0.05, 0) is 26.2 Å². The van der Waals surface area contributed by atoms with E-state index in [4.69, 9.17) is 14.5 Å². The van der Waals surface area contributed by atoms with Crippen LogP contribution in [0.25, 0.3) is 0 Å². The Hall–Kier alpha value is -0.490. The summed E-state index contributed by atoms with van der Waals surface area (Å²) < 4.78 is 10.7. The Balaban J connectivity index is 2.79. The predicted molar refractivity (Wildman–Crippen MR) is 84.5 cm³/mol. The van der Waals surface area contributed by atoms with E-state index in [1.165, 1.54) is 5.69 Å². The van der Waals surface area contributed by atoms with E-state index in [2.05, 4.69) is 38.4 Å². The van der Waals surface area contributed by atoms with Crippen molar-refractivity contribution in [3.05, 3.63) is 16.1 Å². The molecule has 0 spiro atoms. The van der Waals surface area contributed by atoms with Crippen molar-refractivity contribution in [1.82, 2.24) is 10.3 Å². The van der Waals surface area contributed by atoms with Crippen LogP contribution in [0, 0.1) is 0 Å². The van der Waals surface area contributed by atoms with Gasteiger partial charge in [0.2, 0.25) is 0 Å². The third-order valence-electron chi connectivity index (χ3n) is 3.37. The predicted octanol–water partition coefficient (Wildman–Crippen LogP) is 3.36. The highest BCUT2D eigenvalue weighted by atomic mass is 32.1. The molecular formula is C15H28N2O2S. The Labute approximate surface area is 126 Å². The second-order valence-corrected chi connectivity index (χ2v) is 6.82. The molecule has 0 aliphatic heterocycles. The Morgan fingerprint density at radius 3 is 2.55 bits per heavy atom. The van der Waals surface area contributed by atoms with Gasteiger partial charge in [-0.15, -0.1) is 11.3 Å².